The Morgan fingerprint density at radius 3 is 2.41 bits per heavy atom. The van der Waals surface area contributed by atoms with Crippen LogP contribution < -0.4 is 4.90 Å². The maximum atomic E-state index is 12.6. The molecule has 1 saturated heterocycles. The van der Waals surface area contributed by atoms with Crippen molar-refractivity contribution in [1.29, 1.82) is 0 Å². The molecule has 146 valence electrons. The van der Waals surface area contributed by atoms with Gasteiger partial charge in [0.25, 0.3) is 5.91 Å². The van der Waals surface area contributed by atoms with Gasteiger partial charge in [0.2, 0.25) is 5.95 Å². The van der Waals surface area contributed by atoms with Gasteiger partial charge in [-0.2, -0.15) is 13.2 Å². The highest BCUT2D eigenvalue weighted by atomic mass is 19.4. The summed E-state index contributed by atoms with van der Waals surface area (Å²) in [6.45, 7) is 3.79. The molecular weight excluding hydrogens is 363 g/mol. The first-order valence-electron chi connectivity index (χ1n) is 8.51. The Kier molecular flexibility index (Phi) is 5.36. The molecule has 0 saturated carbocycles. The predicted octanol–water partition coefficient (Wildman–Crippen LogP) is 1.64. The summed E-state index contributed by atoms with van der Waals surface area (Å²) in [7, 11) is 0. The number of carbonyl (C=O) groups is 1. The van der Waals surface area contributed by atoms with Crippen LogP contribution >= 0.6 is 0 Å². The van der Waals surface area contributed by atoms with Crippen LogP contribution in [0.15, 0.2) is 30.9 Å². The van der Waals surface area contributed by atoms with Crippen LogP contribution in [0, 0.1) is 0 Å². The Morgan fingerprint density at radius 1 is 1.22 bits per heavy atom. The molecule has 3 heterocycles. The molecule has 3 rings (SSSR count). The minimum atomic E-state index is -4.46. The van der Waals surface area contributed by atoms with Gasteiger partial charge in [-0.3, -0.25) is 4.79 Å². The van der Waals surface area contributed by atoms with Crippen molar-refractivity contribution in [3.05, 3.63) is 42.0 Å². The van der Waals surface area contributed by atoms with Gasteiger partial charge in [0.1, 0.15) is 0 Å². The molecule has 0 aromatic carbocycles. The largest absolute Gasteiger partial charge is 0.419 e. The van der Waals surface area contributed by atoms with E-state index in [2.05, 4.69) is 9.97 Å². The SMILES string of the molecule is C[C@H](O)Cn1ccc(C(=O)N2CCN(c3ncc(C(F)(F)F)cn3)CC2)c1. The minimum Gasteiger partial charge on any atom is -0.392 e. The van der Waals surface area contributed by atoms with E-state index in [0.29, 0.717) is 38.3 Å². The summed E-state index contributed by atoms with van der Waals surface area (Å²) in [5.41, 5.74) is -0.350. The monoisotopic (exact) mass is 383 g/mol. The quantitative estimate of drug-likeness (QED) is 0.869. The molecule has 2 aromatic rings. The Balaban J connectivity index is 1.58. The van der Waals surface area contributed by atoms with Gasteiger partial charge in [0.05, 0.1) is 17.2 Å². The van der Waals surface area contributed by atoms with E-state index < -0.39 is 17.8 Å². The van der Waals surface area contributed by atoms with Gasteiger partial charge in [0, 0.05) is 57.5 Å². The molecule has 1 aliphatic heterocycles. The zero-order valence-corrected chi connectivity index (χ0v) is 14.7. The number of amides is 1. The van der Waals surface area contributed by atoms with Crippen LogP contribution in [0.4, 0.5) is 19.1 Å². The average Bonchev–Trinajstić information content (AvgIpc) is 3.08. The van der Waals surface area contributed by atoms with Crippen molar-refractivity contribution in [3.8, 4) is 0 Å². The number of anilines is 1. The number of hydrogen-bond donors (Lipinski definition) is 1. The summed E-state index contributed by atoms with van der Waals surface area (Å²) in [5, 5.41) is 9.41. The van der Waals surface area contributed by atoms with Crippen molar-refractivity contribution in [2.45, 2.75) is 25.7 Å². The standard InChI is InChI=1S/C17H20F3N5O2/c1-12(26)10-23-3-2-13(11-23)15(27)24-4-6-25(7-5-24)16-21-8-14(9-22-16)17(18,19)20/h2-3,8-9,11-12,26H,4-7,10H2,1H3/t12-/m0/s1. The van der Waals surface area contributed by atoms with Crippen molar-refractivity contribution in [3.63, 3.8) is 0 Å². The van der Waals surface area contributed by atoms with E-state index >= 15 is 0 Å². The van der Waals surface area contributed by atoms with Crippen molar-refractivity contribution in [2.24, 2.45) is 0 Å². The van der Waals surface area contributed by atoms with Crippen LogP contribution in [0.25, 0.3) is 0 Å². The average molecular weight is 383 g/mol. The third kappa shape index (κ3) is 4.57. The highest BCUT2D eigenvalue weighted by Crippen LogP contribution is 2.28. The second-order valence-electron chi connectivity index (χ2n) is 6.49. The van der Waals surface area contributed by atoms with Gasteiger partial charge in [-0.1, -0.05) is 0 Å². The van der Waals surface area contributed by atoms with E-state index in [0.717, 1.165) is 12.4 Å². The fourth-order valence-corrected chi connectivity index (χ4v) is 2.91. The van der Waals surface area contributed by atoms with Crippen molar-refractivity contribution in [2.75, 3.05) is 31.1 Å². The molecule has 1 fully saturated rings. The van der Waals surface area contributed by atoms with Crippen LogP contribution in [0.2, 0.25) is 0 Å². The van der Waals surface area contributed by atoms with Crippen LogP contribution in [0.3, 0.4) is 0 Å². The van der Waals surface area contributed by atoms with E-state index in [-0.39, 0.29) is 11.9 Å². The molecule has 1 aliphatic rings. The molecule has 0 spiro atoms. The molecule has 10 heteroatoms. The molecule has 1 amide bonds. The fourth-order valence-electron chi connectivity index (χ4n) is 2.91. The summed E-state index contributed by atoms with van der Waals surface area (Å²) in [5.74, 6) is 0.102. The third-order valence-corrected chi connectivity index (χ3v) is 4.29. The lowest BCUT2D eigenvalue weighted by molar-refractivity contribution is -0.138. The van der Waals surface area contributed by atoms with Crippen LogP contribution in [-0.2, 0) is 12.7 Å². The fraction of sp³-hybridized carbons (Fsp3) is 0.471. The molecule has 7 nitrogen and oxygen atoms in total. The predicted molar refractivity (Wildman–Crippen MR) is 91.3 cm³/mol. The number of carbonyl (C=O) groups excluding carboxylic acids is 1. The van der Waals surface area contributed by atoms with Crippen molar-refractivity contribution in [1.82, 2.24) is 19.4 Å². The lowest BCUT2D eigenvalue weighted by Crippen LogP contribution is -2.49. The van der Waals surface area contributed by atoms with E-state index in [1.54, 1.807) is 39.8 Å². The maximum Gasteiger partial charge on any atom is 0.419 e. The summed E-state index contributed by atoms with van der Waals surface area (Å²) in [6, 6.07) is 1.70. The molecule has 2 aromatic heterocycles. The van der Waals surface area contributed by atoms with Crippen molar-refractivity contribution < 1.29 is 23.1 Å². The maximum absolute atomic E-state index is 12.6. The number of aliphatic hydroxyl groups is 1. The summed E-state index contributed by atoms with van der Waals surface area (Å²) < 4.78 is 39.5. The smallest absolute Gasteiger partial charge is 0.392 e. The molecule has 27 heavy (non-hydrogen) atoms. The molecule has 1 atom stereocenters. The second-order valence-corrected chi connectivity index (χ2v) is 6.49. The Labute approximate surface area is 154 Å². The number of aliphatic hydroxyl groups excluding tert-OH is 1. The molecule has 0 aliphatic carbocycles. The number of piperazine rings is 1. The Bertz CT molecular complexity index is 781. The van der Waals surface area contributed by atoms with E-state index in [1.807, 2.05) is 0 Å². The van der Waals surface area contributed by atoms with E-state index in [9.17, 15) is 23.1 Å². The summed E-state index contributed by atoms with van der Waals surface area (Å²) >= 11 is 0. The number of alkyl halides is 3. The summed E-state index contributed by atoms with van der Waals surface area (Å²) in [6.07, 6.45) is 0.00309. The lowest BCUT2D eigenvalue weighted by Gasteiger charge is -2.34. The van der Waals surface area contributed by atoms with Gasteiger partial charge >= 0.3 is 6.18 Å². The highest BCUT2D eigenvalue weighted by Gasteiger charge is 2.32. The minimum absolute atomic E-state index is 0.118. The lowest BCUT2D eigenvalue weighted by atomic mass is 10.2. The number of halogens is 3. The zero-order valence-electron chi connectivity index (χ0n) is 14.7. The number of hydrogen-bond acceptors (Lipinski definition) is 5. The number of nitrogens with zero attached hydrogens (tertiary/aromatic N) is 5. The van der Waals surface area contributed by atoms with Gasteiger partial charge in [-0.15, -0.1) is 0 Å². The molecule has 1 N–H and O–H groups in total. The first-order chi connectivity index (χ1) is 12.7. The third-order valence-electron chi connectivity index (χ3n) is 4.29. The van der Waals surface area contributed by atoms with Crippen LogP contribution in [0.5, 0.6) is 0 Å². The van der Waals surface area contributed by atoms with Crippen LogP contribution in [0.1, 0.15) is 22.8 Å². The zero-order chi connectivity index (χ0) is 19.6. The van der Waals surface area contributed by atoms with E-state index in [4.69, 9.17) is 0 Å². The second kappa shape index (κ2) is 7.55. The molecule has 0 unspecified atom stereocenters. The molecular formula is C17H20F3N5O2. The normalized spacial score (nSPS) is 16.5. The van der Waals surface area contributed by atoms with Gasteiger partial charge in [-0.25, -0.2) is 9.97 Å². The molecule has 0 bridgehead atoms. The summed E-state index contributed by atoms with van der Waals surface area (Å²) in [4.78, 5) is 23.6. The number of rotatable bonds is 4. The molecule has 0 radical (unpaired) electrons. The van der Waals surface area contributed by atoms with Gasteiger partial charge < -0.3 is 19.5 Å². The van der Waals surface area contributed by atoms with Gasteiger partial charge in [-0.05, 0) is 13.0 Å². The Hall–Kier alpha value is -2.62. The first kappa shape index (κ1) is 19.2. The van der Waals surface area contributed by atoms with Crippen molar-refractivity contribution >= 4 is 11.9 Å². The Morgan fingerprint density at radius 2 is 1.85 bits per heavy atom. The van der Waals surface area contributed by atoms with Gasteiger partial charge in [0.15, 0.2) is 0 Å². The topological polar surface area (TPSA) is 74.5 Å². The highest BCUT2D eigenvalue weighted by molar-refractivity contribution is 5.94. The first-order valence-corrected chi connectivity index (χ1v) is 8.51. The van der Waals surface area contributed by atoms with E-state index in [1.165, 1.54) is 0 Å². The number of aromatic nitrogens is 3. The van der Waals surface area contributed by atoms with Crippen LogP contribution in [-0.4, -0.2) is 62.7 Å².